The normalized spacial score (nSPS) is 13.2. The van der Waals surface area contributed by atoms with Crippen molar-refractivity contribution in [2.75, 3.05) is 18.5 Å². The number of nitrogens with one attached hydrogen (secondary N) is 1. The van der Waals surface area contributed by atoms with Crippen LogP contribution in [-0.4, -0.2) is 35.0 Å². The number of nitrogens with zero attached hydrogens (tertiary/aromatic N) is 3. The molecule has 0 saturated heterocycles. The van der Waals surface area contributed by atoms with Crippen molar-refractivity contribution >= 4 is 39.1 Å². The van der Waals surface area contributed by atoms with E-state index in [1.807, 2.05) is 24.3 Å². The zero-order chi connectivity index (χ0) is 22.8. The van der Waals surface area contributed by atoms with E-state index in [2.05, 4.69) is 24.1 Å². The lowest BCUT2D eigenvalue weighted by Gasteiger charge is -2.18. The Morgan fingerprint density at radius 1 is 1.19 bits per heavy atom. The van der Waals surface area contributed by atoms with Gasteiger partial charge in [0.1, 0.15) is 11.4 Å². The van der Waals surface area contributed by atoms with Crippen LogP contribution in [0.2, 0.25) is 0 Å². The van der Waals surface area contributed by atoms with Gasteiger partial charge in [0.15, 0.2) is 0 Å². The first-order valence-electron chi connectivity index (χ1n) is 11.0. The van der Waals surface area contributed by atoms with Crippen LogP contribution in [0, 0.1) is 0 Å². The van der Waals surface area contributed by atoms with Crippen molar-refractivity contribution in [1.29, 1.82) is 0 Å². The highest BCUT2D eigenvalue weighted by molar-refractivity contribution is 7.18. The molecule has 2 amide bonds. The van der Waals surface area contributed by atoms with Crippen molar-refractivity contribution < 1.29 is 9.59 Å². The average Bonchev–Trinajstić information content (AvgIpc) is 3.18. The minimum atomic E-state index is -0.394. The maximum atomic E-state index is 13.0. The molecular weight excluding hydrogens is 424 g/mol. The summed E-state index contributed by atoms with van der Waals surface area (Å²) in [5.41, 5.74) is 2.88. The third-order valence-corrected chi connectivity index (χ3v) is 7.21. The highest BCUT2D eigenvalue weighted by Gasteiger charge is 2.20. The molecule has 0 atom stereocenters. The first-order chi connectivity index (χ1) is 15.3. The number of aromatic nitrogens is 2. The second kappa shape index (κ2) is 9.24. The van der Waals surface area contributed by atoms with Gasteiger partial charge in [-0.05, 0) is 54.9 Å². The lowest BCUT2D eigenvalue weighted by molar-refractivity contribution is -0.125. The fourth-order valence-corrected chi connectivity index (χ4v) is 5.24. The monoisotopic (exact) mass is 452 g/mol. The Kier molecular flexibility index (Phi) is 6.41. The molecule has 32 heavy (non-hydrogen) atoms. The second-order valence-corrected chi connectivity index (χ2v) is 9.63. The summed E-state index contributed by atoms with van der Waals surface area (Å²) in [4.78, 5) is 45.9. The maximum Gasteiger partial charge on any atom is 0.262 e. The van der Waals surface area contributed by atoms with E-state index in [-0.39, 0.29) is 24.6 Å². The fourth-order valence-electron chi connectivity index (χ4n) is 4.02. The van der Waals surface area contributed by atoms with Gasteiger partial charge in [0.05, 0.1) is 18.3 Å². The second-order valence-electron chi connectivity index (χ2n) is 8.54. The van der Waals surface area contributed by atoms with Crippen molar-refractivity contribution in [3.05, 3.63) is 57.0 Å². The van der Waals surface area contributed by atoms with Crippen molar-refractivity contribution in [2.45, 2.75) is 52.0 Å². The minimum absolute atomic E-state index is 0.139. The smallest absolute Gasteiger partial charge is 0.262 e. The number of fused-ring (bicyclic) bond motifs is 3. The molecule has 1 aliphatic carbocycles. The Morgan fingerprint density at radius 3 is 2.62 bits per heavy atom. The van der Waals surface area contributed by atoms with Crippen LogP contribution in [0.1, 0.15) is 48.6 Å². The number of carbonyl (C=O) groups is 2. The van der Waals surface area contributed by atoms with Crippen molar-refractivity contribution in [3.63, 3.8) is 0 Å². The zero-order valence-corrected chi connectivity index (χ0v) is 19.5. The highest BCUT2D eigenvalue weighted by Crippen LogP contribution is 2.33. The molecule has 0 unspecified atom stereocenters. The molecule has 0 bridgehead atoms. The standard InChI is InChI=1S/C24H28N4O3S/c1-15(2)16-8-10-17(11-9-16)27(3)21(30)12-25-20(29)13-28-14-26-23-22(24(28)31)18-6-4-5-7-19(18)32-23/h8-11,14-15H,4-7,12-13H2,1-3H3,(H,25,29). The minimum Gasteiger partial charge on any atom is -0.345 e. The number of benzene rings is 1. The van der Waals surface area contributed by atoms with Gasteiger partial charge in [-0.15, -0.1) is 11.3 Å². The van der Waals surface area contributed by atoms with Crippen LogP contribution < -0.4 is 15.8 Å². The van der Waals surface area contributed by atoms with Gasteiger partial charge in [-0.1, -0.05) is 26.0 Å². The summed E-state index contributed by atoms with van der Waals surface area (Å²) in [5.74, 6) is -0.209. The molecule has 1 aromatic carbocycles. The number of carbonyl (C=O) groups excluding carboxylic acids is 2. The summed E-state index contributed by atoms with van der Waals surface area (Å²) in [6, 6.07) is 7.80. The van der Waals surface area contributed by atoms with Crippen LogP contribution >= 0.6 is 11.3 Å². The molecule has 0 spiro atoms. The highest BCUT2D eigenvalue weighted by atomic mass is 32.1. The molecular formula is C24H28N4O3S. The van der Waals surface area contributed by atoms with E-state index in [0.29, 0.717) is 11.3 Å². The topological polar surface area (TPSA) is 84.3 Å². The number of thiophene rings is 1. The molecule has 0 fully saturated rings. The first-order valence-corrected chi connectivity index (χ1v) is 11.8. The van der Waals surface area contributed by atoms with Crippen LogP contribution in [0.5, 0.6) is 0 Å². The summed E-state index contributed by atoms with van der Waals surface area (Å²) in [6.07, 6.45) is 5.52. The van der Waals surface area contributed by atoms with Gasteiger partial charge < -0.3 is 10.2 Å². The van der Waals surface area contributed by atoms with Gasteiger partial charge in [-0.2, -0.15) is 0 Å². The quantitative estimate of drug-likeness (QED) is 0.622. The van der Waals surface area contributed by atoms with Crippen molar-refractivity contribution in [1.82, 2.24) is 14.9 Å². The number of aryl methyl sites for hydroxylation is 2. The Hall–Kier alpha value is -3.00. The molecule has 0 radical (unpaired) electrons. The van der Waals surface area contributed by atoms with Crippen LogP contribution in [0.3, 0.4) is 0 Å². The summed E-state index contributed by atoms with van der Waals surface area (Å²) < 4.78 is 1.33. The molecule has 2 heterocycles. The van der Waals surface area contributed by atoms with Gasteiger partial charge in [0.2, 0.25) is 11.8 Å². The molecule has 2 aromatic heterocycles. The van der Waals surface area contributed by atoms with E-state index in [9.17, 15) is 14.4 Å². The van der Waals surface area contributed by atoms with E-state index in [1.165, 1.54) is 26.2 Å². The van der Waals surface area contributed by atoms with Gasteiger partial charge in [-0.3, -0.25) is 19.0 Å². The van der Waals surface area contributed by atoms with Gasteiger partial charge in [0, 0.05) is 17.6 Å². The lowest BCUT2D eigenvalue weighted by atomic mass is 9.97. The van der Waals surface area contributed by atoms with Gasteiger partial charge in [0.25, 0.3) is 5.56 Å². The molecule has 4 rings (SSSR count). The van der Waals surface area contributed by atoms with Crippen LogP contribution in [-0.2, 0) is 29.0 Å². The maximum absolute atomic E-state index is 13.0. The molecule has 7 nitrogen and oxygen atoms in total. The van der Waals surface area contributed by atoms with Crippen LogP contribution in [0.25, 0.3) is 10.2 Å². The fraction of sp³-hybridized carbons (Fsp3) is 0.417. The molecule has 0 saturated carbocycles. The number of anilines is 1. The average molecular weight is 453 g/mol. The SMILES string of the molecule is CC(C)c1ccc(N(C)C(=O)CNC(=O)Cn2cnc3sc4c(c3c2=O)CCCC4)cc1. The van der Waals surface area contributed by atoms with E-state index in [0.717, 1.165) is 41.8 Å². The number of likely N-dealkylation sites (N-methyl/N-ethyl adjacent to an activating group) is 1. The molecule has 8 heteroatoms. The predicted octanol–water partition coefficient (Wildman–Crippen LogP) is 3.24. The number of amides is 2. The third kappa shape index (κ3) is 4.46. The van der Waals surface area contributed by atoms with Crippen molar-refractivity contribution in [3.8, 4) is 0 Å². The summed E-state index contributed by atoms with van der Waals surface area (Å²) in [5, 5.41) is 3.28. The van der Waals surface area contributed by atoms with Crippen LogP contribution in [0.4, 0.5) is 5.69 Å². The summed E-state index contributed by atoms with van der Waals surface area (Å²) in [7, 11) is 1.68. The van der Waals surface area contributed by atoms with Gasteiger partial charge in [-0.25, -0.2) is 4.98 Å². The largest absolute Gasteiger partial charge is 0.345 e. The molecule has 168 valence electrons. The lowest BCUT2D eigenvalue weighted by Crippen LogP contribution is -2.40. The molecule has 1 N–H and O–H groups in total. The van der Waals surface area contributed by atoms with Gasteiger partial charge >= 0.3 is 0 Å². The zero-order valence-electron chi connectivity index (χ0n) is 18.7. The van der Waals surface area contributed by atoms with Crippen LogP contribution in [0.15, 0.2) is 35.4 Å². The Morgan fingerprint density at radius 2 is 1.91 bits per heavy atom. The van der Waals surface area contributed by atoms with E-state index in [1.54, 1.807) is 18.4 Å². The molecule has 0 aliphatic heterocycles. The van der Waals surface area contributed by atoms with E-state index < -0.39 is 5.91 Å². The number of hydrogen-bond acceptors (Lipinski definition) is 5. The third-order valence-electron chi connectivity index (χ3n) is 6.01. The Labute approximate surface area is 191 Å². The summed E-state index contributed by atoms with van der Waals surface area (Å²) in [6.45, 7) is 3.93. The first kappa shape index (κ1) is 22.2. The predicted molar refractivity (Wildman–Crippen MR) is 127 cm³/mol. The summed E-state index contributed by atoms with van der Waals surface area (Å²) >= 11 is 1.58. The van der Waals surface area contributed by atoms with Crippen molar-refractivity contribution in [2.24, 2.45) is 0 Å². The van der Waals surface area contributed by atoms with E-state index in [4.69, 9.17) is 0 Å². The molecule has 1 aliphatic rings. The Balaban J connectivity index is 1.39. The van der Waals surface area contributed by atoms with E-state index >= 15 is 0 Å². The Bertz CT molecular complexity index is 1210. The number of rotatable bonds is 6. The molecule has 3 aromatic rings. The number of hydrogen-bond donors (Lipinski definition) is 1.